The Hall–Kier alpha value is -1.14. The molecule has 0 bridgehead atoms. The minimum absolute atomic E-state index is 0.216. The van der Waals surface area contributed by atoms with Gasteiger partial charge in [0.25, 0.3) is 0 Å². The summed E-state index contributed by atoms with van der Waals surface area (Å²) in [6, 6.07) is -0.874. The first-order valence-corrected chi connectivity index (χ1v) is 7.26. The van der Waals surface area contributed by atoms with E-state index in [0.29, 0.717) is 25.5 Å². The Balaban J connectivity index is 4.13. The minimum Gasteiger partial charge on any atom is -0.480 e. The van der Waals surface area contributed by atoms with E-state index in [0.717, 1.165) is 25.7 Å². The largest absolute Gasteiger partial charge is 0.480 e. The van der Waals surface area contributed by atoms with Crippen molar-refractivity contribution < 1.29 is 19.4 Å². The van der Waals surface area contributed by atoms with Gasteiger partial charge in [0.2, 0.25) is 5.91 Å². The predicted molar refractivity (Wildman–Crippen MR) is 77.4 cm³/mol. The van der Waals surface area contributed by atoms with E-state index in [1.54, 1.807) is 0 Å². The van der Waals surface area contributed by atoms with Crippen molar-refractivity contribution in [3.8, 4) is 0 Å². The standard InChI is InChI=1S/C14H28N2O4/c1-3-4-11(7-9-15)5-6-13(17)16-12(14(18)19)8-10-20-2/h11-12H,3-10,15H2,1-2H3,(H,16,17)(H,18,19). The highest BCUT2D eigenvalue weighted by Crippen LogP contribution is 2.16. The van der Waals surface area contributed by atoms with Gasteiger partial charge in [0.15, 0.2) is 0 Å². The quantitative estimate of drug-likeness (QED) is 0.500. The first-order chi connectivity index (χ1) is 9.54. The van der Waals surface area contributed by atoms with E-state index >= 15 is 0 Å². The van der Waals surface area contributed by atoms with Crippen LogP contribution in [-0.2, 0) is 14.3 Å². The zero-order chi connectivity index (χ0) is 15.4. The first kappa shape index (κ1) is 18.9. The van der Waals surface area contributed by atoms with Crippen LogP contribution in [0.25, 0.3) is 0 Å². The Morgan fingerprint density at radius 3 is 2.45 bits per heavy atom. The molecule has 0 aliphatic rings. The monoisotopic (exact) mass is 288 g/mol. The maximum absolute atomic E-state index is 11.8. The third-order valence-electron chi connectivity index (χ3n) is 3.30. The summed E-state index contributed by atoms with van der Waals surface area (Å²) in [6.45, 7) is 3.04. The number of methoxy groups -OCH3 is 1. The summed E-state index contributed by atoms with van der Waals surface area (Å²) in [5, 5.41) is 11.5. The van der Waals surface area contributed by atoms with Gasteiger partial charge in [-0.15, -0.1) is 0 Å². The second-order valence-corrected chi connectivity index (χ2v) is 5.01. The zero-order valence-electron chi connectivity index (χ0n) is 12.6. The molecule has 0 heterocycles. The normalized spacial score (nSPS) is 13.8. The van der Waals surface area contributed by atoms with Gasteiger partial charge in [-0.3, -0.25) is 4.79 Å². The summed E-state index contributed by atoms with van der Waals surface area (Å²) >= 11 is 0. The van der Waals surface area contributed by atoms with Crippen molar-refractivity contribution in [2.45, 2.75) is 51.5 Å². The van der Waals surface area contributed by atoms with E-state index in [2.05, 4.69) is 12.2 Å². The maximum Gasteiger partial charge on any atom is 0.326 e. The molecule has 2 atom stereocenters. The summed E-state index contributed by atoms with van der Waals surface area (Å²) in [6.07, 6.45) is 4.41. The van der Waals surface area contributed by atoms with Gasteiger partial charge in [0.05, 0.1) is 0 Å². The fourth-order valence-electron chi connectivity index (χ4n) is 2.17. The molecule has 1 amide bonds. The van der Waals surface area contributed by atoms with Crippen LogP contribution in [0, 0.1) is 5.92 Å². The van der Waals surface area contributed by atoms with E-state index in [9.17, 15) is 9.59 Å². The molecule has 6 heteroatoms. The average molecular weight is 288 g/mol. The van der Waals surface area contributed by atoms with Crippen molar-refractivity contribution in [3.63, 3.8) is 0 Å². The number of carboxylic acids is 1. The molecule has 0 aromatic carbocycles. The van der Waals surface area contributed by atoms with E-state index in [4.69, 9.17) is 15.6 Å². The molecule has 2 unspecified atom stereocenters. The molecule has 6 nitrogen and oxygen atoms in total. The van der Waals surface area contributed by atoms with Crippen molar-refractivity contribution in [1.29, 1.82) is 0 Å². The predicted octanol–water partition coefficient (Wildman–Crippen LogP) is 1.14. The Kier molecular flexibility index (Phi) is 11.0. The van der Waals surface area contributed by atoms with Crippen LogP contribution < -0.4 is 11.1 Å². The molecule has 4 N–H and O–H groups in total. The highest BCUT2D eigenvalue weighted by Gasteiger charge is 2.20. The van der Waals surface area contributed by atoms with E-state index < -0.39 is 12.0 Å². The number of hydrogen-bond donors (Lipinski definition) is 3. The topological polar surface area (TPSA) is 102 Å². The molecule has 118 valence electrons. The number of aliphatic carboxylic acids is 1. The molecule has 0 aliphatic heterocycles. The molecule has 0 aromatic rings. The summed E-state index contributed by atoms with van der Waals surface area (Å²) in [5.74, 6) is -0.799. The number of nitrogens with one attached hydrogen (secondary N) is 1. The Bertz CT molecular complexity index is 278. The number of carboxylic acid groups (broad SMARTS) is 1. The lowest BCUT2D eigenvalue weighted by Gasteiger charge is -2.17. The molecular weight excluding hydrogens is 260 g/mol. The lowest BCUT2D eigenvalue weighted by atomic mass is 9.94. The first-order valence-electron chi connectivity index (χ1n) is 7.26. The minimum atomic E-state index is -1.03. The van der Waals surface area contributed by atoms with Crippen molar-refractivity contribution in [1.82, 2.24) is 5.32 Å². The van der Waals surface area contributed by atoms with Gasteiger partial charge in [-0.05, 0) is 25.3 Å². The number of ether oxygens (including phenoxy) is 1. The smallest absolute Gasteiger partial charge is 0.326 e. The summed E-state index contributed by atoms with van der Waals surface area (Å²) in [7, 11) is 1.50. The number of carbonyl (C=O) groups is 2. The molecule has 0 aromatic heterocycles. The summed E-state index contributed by atoms with van der Waals surface area (Å²) in [5.41, 5.74) is 5.55. The highest BCUT2D eigenvalue weighted by atomic mass is 16.5. The van der Waals surface area contributed by atoms with Gasteiger partial charge < -0.3 is 20.9 Å². The fourth-order valence-corrected chi connectivity index (χ4v) is 2.17. The number of nitrogens with two attached hydrogens (primary N) is 1. The average Bonchev–Trinajstić information content (AvgIpc) is 2.41. The second kappa shape index (κ2) is 11.7. The van der Waals surface area contributed by atoms with Gasteiger partial charge in [0.1, 0.15) is 6.04 Å². The number of amides is 1. The Morgan fingerprint density at radius 1 is 1.25 bits per heavy atom. The number of rotatable bonds is 12. The van der Waals surface area contributed by atoms with Crippen LogP contribution in [0.1, 0.15) is 45.4 Å². The van der Waals surface area contributed by atoms with Gasteiger partial charge in [0, 0.05) is 26.6 Å². The molecule has 0 saturated heterocycles. The molecule has 0 rings (SSSR count). The van der Waals surface area contributed by atoms with Crippen molar-refractivity contribution in [3.05, 3.63) is 0 Å². The summed E-state index contributed by atoms with van der Waals surface area (Å²) in [4.78, 5) is 22.8. The lowest BCUT2D eigenvalue weighted by Crippen LogP contribution is -2.41. The molecule has 20 heavy (non-hydrogen) atoms. The fraction of sp³-hybridized carbons (Fsp3) is 0.857. The molecule has 0 radical (unpaired) electrons. The zero-order valence-corrected chi connectivity index (χ0v) is 12.6. The third-order valence-corrected chi connectivity index (χ3v) is 3.30. The van der Waals surface area contributed by atoms with Gasteiger partial charge in [-0.2, -0.15) is 0 Å². The highest BCUT2D eigenvalue weighted by molar-refractivity contribution is 5.83. The van der Waals surface area contributed by atoms with Crippen molar-refractivity contribution in [2.24, 2.45) is 11.7 Å². The van der Waals surface area contributed by atoms with Crippen molar-refractivity contribution >= 4 is 11.9 Å². The van der Waals surface area contributed by atoms with Crippen LogP contribution in [0.15, 0.2) is 0 Å². The third kappa shape index (κ3) is 8.87. The SMILES string of the molecule is CCCC(CCN)CCC(=O)NC(CCOC)C(=O)O. The Morgan fingerprint density at radius 2 is 1.95 bits per heavy atom. The van der Waals surface area contributed by atoms with E-state index in [1.807, 2.05) is 0 Å². The molecular formula is C14H28N2O4. The van der Waals surface area contributed by atoms with Crippen LogP contribution in [0.4, 0.5) is 0 Å². The van der Waals surface area contributed by atoms with Gasteiger partial charge >= 0.3 is 5.97 Å². The van der Waals surface area contributed by atoms with Crippen LogP contribution >= 0.6 is 0 Å². The molecule has 0 fully saturated rings. The molecule has 0 aliphatic carbocycles. The van der Waals surface area contributed by atoms with Crippen LogP contribution in [0.2, 0.25) is 0 Å². The van der Waals surface area contributed by atoms with Crippen LogP contribution in [0.3, 0.4) is 0 Å². The van der Waals surface area contributed by atoms with Crippen molar-refractivity contribution in [2.75, 3.05) is 20.3 Å². The van der Waals surface area contributed by atoms with E-state index in [1.165, 1.54) is 7.11 Å². The van der Waals surface area contributed by atoms with E-state index in [-0.39, 0.29) is 12.3 Å². The molecule has 0 spiro atoms. The van der Waals surface area contributed by atoms with Gasteiger partial charge in [-0.25, -0.2) is 4.79 Å². The molecule has 0 saturated carbocycles. The van der Waals surface area contributed by atoms with Crippen LogP contribution in [-0.4, -0.2) is 43.3 Å². The maximum atomic E-state index is 11.8. The number of hydrogen-bond acceptors (Lipinski definition) is 4. The number of carbonyl (C=O) groups excluding carboxylic acids is 1. The summed E-state index contributed by atoms with van der Waals surface area (Å²) < 4.78 is 4.84. The Labute approximate surface area is 121 Å². The van der Waals surface area contributed by atoms with Crippen LogP contribution in [0.5, 0.6) is 0 Å². The lowest BCUT2D eigenvalue weighted by molar-refractivity contribution is -0.142. The van der Waals surface area contributed by atoms with Gasteiger partial charge in [-0.1, -0.05) is 19.8 Å². The second-order valence-electron chi connectivity index (χ2n) is 5.01.